The number of thioether (sulfide) groups is 1. The number of fused-ring (bicyclic) bond motifs is 1. The first kappa shape index (κ1) is 19.1. The van der Waals surface area contributed by atoms with Crippen molar-refractivity contribution in [3.63, 3.8) is 0 Å². The molecule has 0 bridgehead atoms. The molecule has 3 aromatic rings. The molecule has 10 heteroatoms. The van der Waals surface area contributed by atoms with Crippen LogP contribution in [0.15, 0.2) is 51.7 Å². The van der Waals surface area contributed by atoms with Gasteiger partial charge in [-0.3, -0.25) is 4.79 Å². The molecular formula is C16H14ClN3O3S3. The van der Waals surface area contributed by atoms with E-state index in [2.05, 4.69) is 10.3 Å². The minimum Gasteiger partial charge on any atom is -0.351 e. The van der Waals surface area contributed by atoms with Crippen molar-refractivity contribution in [1.29, 1.82) is 0 Å². The Morgan fingerprint density at radius 3 is 2.65 bits per heavy atom. The fourth-order valence-electron chi connectivity index (χ4n) is 2.12. The fourth-order valence-corrected chi connectivity index (χ4v) is 4.68. The smallest absolute Gasteiger partial charge is 0.238 e. The Morgan fingerprint density at radius 2 is 1.96 bits per heavy atom. The van der Waals surface area contributed by atoms with Gasteiger partial charge in [0.2, 0.25) is 15.9 Å². The second-order valence-corrected chi connectivity index (χ2v) is 9.60. The zero-order valence-electron chi connectivity index (χ0n) is 13.3. The van der Waals surface area contributed by atoms with Crippen LogP contribution in [0.5, 0.6) is 0 Å². The molecule has 0 unspecified atom stereocenters. The summed E-state index contributed by atoms with van der Waals surface area (Å²) in [5.74, 6) is 0.103. The van der Waals surface area contributed by atoms with E-state index in [0.29, 0.717) is 11.6 Å². The third-order valence-electron chi connectivity index (χ3n) is 3.40. The van der Waals surface area contributed by atoms with Crippen LogP contribution in [0.25, 0.3) is 10.2 Å². The Kier molecular flexibility index (Phi) is 5.83. The number of carbonyl (C=O) groups is 1. The summed E-state index contributed by atoms with van der Waals surface area (Å²) in [5, 5.41) is 8.46. The number of carbonyl (C=O) groups excluding carboxylic acids is 1. The highest BCUT2D eigenvalue weighted by Crippen LogP contribution is 2.30. The topological polar surface area (TPSA) is 102 Å². The Hall–Kier alpha value is -1.65. The molecule has 0 aliphatic heterocycles. The number of thiazole rings is 1. The third-order valence-corrected chi connectivity index (χ3v) is 6.74. The monoisotopic (exact) mass is 427 g/mol. The number of nitrogens with one attached hydrogen (secondary N) is 1. The van der Waals surface area contributed by atoms with Crippen LogP contribution in [-0.2, 0) is 21.4 Å². The van der Waals surface area contributed by atoms with Gasteiger partial charge in [-0.1, -0.05) is 35.5 Å². The number of rotatable bonds is 6. The van der Waals surface area contributed by atoms with E-state index in [4.69, 9.17) is 16.7 Å². The average molecular weight is 428 g/mol. The third kappa shape index (κ3) is 4.95. The van der Waals surface area contributed by atoms with E-state index in [-0.39, 0.29) is 16.6 Å². The second-order valence-electron chi connectivity index (χ2n) is 5.35. The molecule has 0 aliphatic carbocycles. The van der Waals surface area contributed by atoms with Crippen LogP contribution in [0.4, 0.5) is 0 Å². The Bertz CT molecular complexity index is 1050. The molecule has 3 N–H and O–H groups in total. The van der Waals surface area contributed by atoms with E-state index < -0.39 is 10.0 Å². The Balaban J connectivity index is 1.52. The molecule has 1 amide bonds. The van der Waals surface area contributed by atoms with Crippen LogP contribution >= 0.6 is 34.7 Å². The quantitative estimate of drug-likeness (QED) is 0.588. The number of hydrogen-bond donors (Lipinski definition) is 2. The van der Waals surface area contributed by atoms with Gasteiger partial charge in [0.05, 0.1) is 20.9 Å². The van der Waals surface area contributed by atoms with Crippen molar-refractivity contribution in [2.45, 2.75) is 15.8 Å². The van der Waals surface area contributed by atoms with E-state index in [9.17, 15) is 13.2 Å². The van der Waals surface area contributed by atoms with Gasteiger partial charge in [0, 0.05) is 11.6 Å². The van der Waals surface area contributed by atoms with Crippen LogP contribution in [-0.4, -0.2) is 25.1 Å². The number of nitrogens with zero attached hydrogens (tertiary/aromatic N) is 1. The maximum atomic E-state index is 12.0. The molecule has 0 aliphatic rings. The van der Waals surface area contributed by atoms with Crippen molar-refractivity contribution in [2.24, 2.45) is 5.14 Å². The number of aromatic nitrogens is 1. The van der Waals surface area contributed by atoms with E-state index in [1.54, 1.807) is 18.2 Å². The van der Waals surface area contributed by atoms with Crippen molar-refractivity contribution in [3.8, 4) is 0 Å². The first-order chi connectivity index (χ1) is 12.3. The van der Waals surface area contributed by atoms with Crippen molar-refractivity contribution in [2.75, 3.05) is 5.75 Å². The standard InChI is InChI=1S/C16H14ClN3O3S3/c17-11-3-6-14-13(7-11)20-16(25-14)24-9-15(21)19-8-10-1-4-12(5-2-10)26(18,22)23/h1-7H,8-9H2,(H,19,21)(H2,18,22,23). The van der Waals surface area contributed by atoms with Crippen molar-refractivity contribution in [3.05, 3.63) is 53.1 Å². The van der Waals surface area contributed by atoms with Crippen LogP contribution in [0.1, 0.15) is 5.56 Å². The number of nitrogens with two attached hydrogens (primary N) is 1. The van der Waals surface area contributed by atoms with Gasteiger partial charge >= 0.3 is 0 Å². The largest absolute Gasteiger partial charge is 0.351 e. The number of hydrogen-bond acceptors (Lipinski definition) is 6. The number of amides is 1. The average Bonchev–Trinajstić information content (AvgIpc) is 2.99. The predicted molar refractivity (Wildman–Crippen MR) is 105 cm³/mol. The molecule has 0 radical (unpaired) electrons. The summed E-state index contributed by atoms with van der Waals surface area (Å²) in [6, 6.07) is 11.6. The number of primary sulfonamides is 1. The number of halogens is 1. The van der Waals surface area contributed by atoms with Gasteiger partial charge in [0.15, 0.2) is 4.34 Å². The molecular weight excluding hydrogens is 414 g/mol. The Labute approximate surface area is 163 Å². The van der Waals surface area contributed by atoms with Gasteiger partial charge in [-0.15, -0.1) is 11.3 Å². The van der Waals surface area contributed by atoms with Gasteiger partial charge in [-0.25, -0.2) is 18.5 Å². The molecule has 3 rings (SSSR count). The lowest BCUT2D eigenvalue weighted by Crippen LogP contribution is -2.24. The lowest BCUT2D eigenvalue weighted by Gasteiger charge is -2.05. The highest BCUT2D eigenvalue weighted by Gasteiger charge is 2.09. The fraction of sp³-hybridized carbons (Fsp3) is 0.125. The molecule has 1 aromatic heterocycles. The van der Waals surface area contributed by atoms with E-state index in [1.165, 1.54) is 35.2 Å². The maximum absolute atomic E-state index is 12.0. The van der Waals surface area contributed by atoms with Gasteiger partial charge in [0.1, 0.15) is 0 Å². The van der Waals surface area contributed by atoms with Crippen molar-refractivity contribution < 1.29 is 13.2 Å². The highest BCUT2D eigenvalue weighted by atomic mass is 35.5. The van der Waals surface area contributed by atoms with Crippen LogP contribution < -0.4 is 10.5 Å². The molecule has 0 saturated carbocycles. The maximum Gasteiger partial charge on any atom is 0.238 e. The van der Waals surface area contributed by atoms with Crippen molar-refractivity contribution >= 4 is 60.8 Å². The zero-order chi connectivity index (χ0) is 18.7. The summed E-state index contributed by atoms with van der Waals surface area (Å²) in [6.45, 7) is 0.305. The second kappa shape index (κ2) is 7.93. The highest BCUT2D eigenvalue weighted by molar-refractivity contribution is 8.01. The molecule has 0 saturated heterocycles. The summed E-state index contributed by atoms with van der Waals surface area (Å²) in [5.41, 5.74) is 1.60. The molecule has 0 fully saturated rings. The summed E-state index contributed by atoms with van der Waals surface area (Å²) >= 11 is 8.81. The van der Waals surface area contributed by atoms with Crippen LogP contribution in [0, 0.1) is 0 Å². The first-order valence-corrected chi connectivity index (χ1v) is 11.1. The number of sulfonamides is 1. The molecule has 0 spiro atoms. The zero-order valence-corrected chi connectivity index (χ0v) is 16.5. The minimum absolute atomic E-state index is 0.0408. The number of benzene rings is 2. The van der Waals surface area contributed by atoms with Crippen molar-refractivity contribution in [1.82, 2.24) is 10.3 Å². The minimum atomic E-state index is -3.71. The molecule has 0 atom stereocenters. The molecule has 1 heterocycles. The Morgan fingerprint density at radius 1 is 1.23 bits per heavy atom. The SMILES string of the molecule is NS(=O)(=O)c1ccc(CNC(=O)CSc2nc3cc(Cl)ccc3s2)cc1. The summed E-state index contributed by atoms with van der Waals surface area (Å²) in [7, 11) is -3.71. The lowest BCUT2D eigenvalue weighted by atomic mass is 10.2. The molecule has 26 heavy (non-hydrogen) atoms. The first-order valence-electron chi connectivity index (χ1n) is 7.38. The lowest BCUT2D eigenvalue weighted by molar-refractivity contribution is -0.118. The van der Waals surface area contributed by atoms with Crippen LogP contribution in [0.2, 0.25) is 5.02 Å². The molecule has 2 aromatic carbocycles. The van der Waals surface area contributed by atoms with Gasteiger partial charge in [-0.2, -0.15) is 0 Å². The summed E-state index contributed by atoms with van der Waals surface area (Å²) < 4.78 is 24.2. The normalized spacial score (nSPS) is 11.6. The molecule has 6 nitrogen and oxygen atoms in total. The van der Waals surface area contributed by atoms with E-state index >= 15 is 0 Å². The van der Waals surface area contributed by atoms with Gasteiger partial charge < -0.3 is 5.32 Å². The van der Waals surface area contributed by atoms with Gasteiger partial charge in [0.25, 0.3) is 0 Å². The summed E-state index contributed by atoms with van der Waals surface area (Å²) in [6.07, 6.45) is 0. The van der Waals surface area contributed by atoms with Gasteiger partial charge in [-0.05, 0) is 35.9 Å². The predicted octanol–water partition coefficient (Wildman–Crippen LogP) is 3.01. The van der Waals surface area contributed by atoms with E-state index in [1.807, 2.05) is 12.1 Å². The van der Waals surface area contributed by atoms with E-state index in [0.717, 1.165) is 20.1 Å². The summed E-state index contributed by atoms with van der Waals surface area (Å²) in [4.78, 5) is 16.5. The van der Waals surface area contributed by atoms with Crippen LogP contribution in [0.3, 0.4) is 0 Å². The molecule has 136 valence electrons.